The molecule has 2 aliphatic rings. The Bertz CT molecular complexity index is 1070. The van der Waals surface area contributed by atoms with Crippen molar-refractivity contribution in [1.29, 1.82) is 0 Å². The number of nitrogens with one attached hydrogen (secondary N) is 3. The predicted molar refractivity (Wildman–Crippen MR) is 121 cm³/mol. The number of hydrogen-bond acceptors (Lipinski definition) is 5. The highest BCUT2D eigenvalue weighted by molar-refractivity contribution is 6.09. The van der Waals surface area contributed by atoms with Crippen molar-refractivity contribution in [3.8, 4) is 0 Å². The molecule has 1 aliphatic heterocycles. The third kappa shape index (κ3) is 4.72. The molecule has 2 atom stereocenters. The van der Waals surface area contributed by atoms with Gasteiger partial charge in [-0.2, -0.15) is 0 Å². The Hall–Kier alpha value is -3.75. The van der Waals surface area contributed by atoms with Gasteiger partial charge >= 0.3 is 6.03 Å². The molecule has 9 heteroatoms. The van der Waals surface area contributed by atoms with Crippen molar-refractivity contribution >= 4 is 29.4 Å². The summed E-state index contributed by atoms with van der Waals surface area (Å²) in [4.78, 5) is 55.2. The summed E-state index contributed by atoms with van der Waals surface area (Å²) in [5.74, 6) is -0.954. The Labute approximate surface area is 191 Å². The Kier molecular flexibility index (Phi) is 6.39. The zero-order valence-corrected chi connectivity index (χ0v) is 18.5. The molecule has 172 valence electrons. The van der Waals surface area contributed by atoms with Crippen LogP contribution in [-0.4, -0.2) is 45.7 Å². The Morgan fingerprint density at radius 1 is 1.18 bits per heavy atom. The third-order valence-corrected chi connectivity index (χ3v) is 6.42. The summed E-state index contributed by atoms with van der Waals surface area (Å²) in [6.45, 7) is 1.85. The van der Waals surface area contributed by atoms with Crippen molar-refractivity contribution in [1.82, 2.24) is 20.5 Å². The number of benzene rings is 1. The van der Waals surface area contributed by atoms with E-state index in [1.165, 1.54) is 0 Å². The van der Waals surface area contributed by atoms with E-state index in [-0.39, 0.29) is 30.8 Å². The van der Waals surface area contributed by atoms with Crippen LogP contribution in [0.3, 0.4) is 0 Å². The van der Waals surface area contributed by atoms with Crippen molar-refractivity contribution < 1.29 is 19.2 Å². The molecular weight excluding hydrogens is 422 g/mol. The average Bonchev–Trinajstić information content (AvgIpc) is 3.05. The first kappa shape index (κ1) is 22.4. The summed E-state index contributed by atoms with van der Waals surface area (Å²) in [5, 5.41) is 8.41. The van der Waals surface area contributed by atoms with Gasteiger partial charge in [-0.05, 0) is 48.6 Å². The zero-order valence-electron chi connectivity index (χ0n) is 18.5. The summed E-state index contributed by atoms with van der Waals surface area (Å²) >= 11 is 0. The van der Waals surface area contributed by atoms with Crippen molar-refractivity contribution in [2.75, 3.05) is 11.9 Å². The van der Waals surface area contributed by atoms with E-state index in [9.17, 15) is 19.2 Å². The summed E-state index contributed by atoms with van der Waals surface area (Å²) in [6, 6.07) is 9.82. The molecule has 9 nitrogen and oxygen atoms in total. The number of hydrogen-bond donors (Lipinski definition) is 3. The SMILES string of the molecule is CC1CCCCC12NC(=O)N(CC(=O)NCc1cccc(NC(=O)c3ccncc3)c1)C2=O. The van der Waals surface area contributed by atoms with E-state index < -0.39 is 17.5 Å². The molecule has 1 aromatic heterocycles. The molecule has 1 aliphatic carbocycles. The van der Waals surface area contributed by atoms with Crippen molar-refractivity contribution in [3.05, 3.63) is 59.9 Å². The summed E-state index contributed by atoms with van der Waals surface area (Å²) < 4.78 is 0. The normalized spacial score (nSPS) is 22.2. The number of rotatable bonds is 6. The van der Waals surface area contributed by atoms with Crippen LogP contribution in [0.2, 0.25) is 0 Å². The molecule has 2 fully saturated rings. The molecule has 1 saturated heterocycles. The van der Waals surface area contributed by atoms with Crippen LogP contribution in [0.25, 0.3) is 0 Å². The number of urea groups is 1. The molecule has 1 aromatic carbocycles. The maximum Gasteiger partial charge on any atom is 0.325 e. The molecule has 33 heavy (non-hydrogen) atoms. The van der Waals surface area contributed by atoms with E-state index in [1.54, 1.807) is 42.7 Å². The fourth-order valence-electron chi connectivity index (χ4n) is 4.50. The molecule has 3 N–H and O–H groups in total. The highest BCUT2D eigenvalue weighted by Crippen LogP contribution is 2.38. The van der Waals surface area contributed by atoms with Crippen LogP contribution < -0.4 is 16.0 Å². The van der Waals surface area contributed by atoms with Gasteiger partial charge in [0.2, 0.25) is 5.91 Å². The standard InChI is InChI=1S/C24H27N5O4/c1-16-5-2-3-10-24(16)22(32)29(23(33)28-24)15-20(30)26-14-17-6-4-7-19(13-17)27-21(31)18-8-11-25-12-9-18/h4,6-9,11-13,16H,2-3,5,10,14-15H2,1H3,(H,26,30)(H,27,31)(H,28,33). The fraction of sp³-hybridized carbons (Fsp3) is 0.375. The van der Waals surface area contributed by atoms with Crippen molar-refractivity contribution in [3.63, 3.8) is 0 Å². The molecule has 2 heterocycles. The molecule has 0 radical (unpaired) electrons. The number of anilines is 1. The zero-order chi connectivity index (χ0) is 23.4. The van der Waals surface area contributed by atoms with Gasteiger partial charge in [0, 0.05) is 30.2 Å². The van der Waals surface area contributed by atoms with Crippen LogP contribution in [0.5, 0.6) is 0 Å². The molecule has 1 saturated carbocycles. The lowest BCUT2D eigenvalue weighted by molar-refractivity contribution is -0.137. The first-order valence-electron chi connectivity index (χ1n) is 11.1. The van der Waals surface area contributed by atoms with E-state index in [0.29, 0.717) is 17.7 Å². The molecule has 5 amide bonds. The molecule has 2 aromatic rings. The largest absolute Gasteiger partial charge is 0.350 e. The molecule has 4 rings (SSSR count). The average molecular weight is 450 g/mol. The van der Waals surface area contributed by atoms with Crippen LogP contribution in [0.4, 0.5) is 10.5 Å². The third-order valence-electron chi connectivity index (χ3n) is 6.42. The second-order valence-electron chi connectivity index (χ2n) is 8.61. The molecule has 1 spiro atoms. The lowest BCUT2D eigenvalue weighted by atomic mass is 9.73. The Morgan fingerprint density at radius 2 is 1.97 bits per heavy atom. The van der Waals surface area contributed by atoms with Crippen LogP contribution in [0.1, 0.15) is 48.5 Å². The van der Waals surface area contributed by atoms with Crippen molar-refractivity contribution in [2.45, 2.75) is 44.7 Å². The van der Waals surface area contributed by atoms with E-state index in [0.717, 1.165) is 29.7 Å². The lowest BCUT2D eigenvalue weighted by Crippen LogP contribution is -2.54. The number of carbonyl (C=O) groups is 4. The molecular formula is C24H27N5O4. The highest BCUT2D eigenvalue weighted by atomic mass is 16.2. The Morgan fingerprint density at radius 3 is 2.73 bits per heavy atom. The number of amides is 5. The highest BCUT2D eigenvalue weighted by Gasteiger charge is 2.55. The number of pyridine rings is 1. The van der Waals surface area contributed by atoms with E-state index in [1.807, 2.05) is 13.0 Å². The van der Waals surface area contributed by atoms with Gasteiger partial charge in [0.15, 0.2) is 0 Å². The topological polar surface area (TPSA) is 120 Å². The maximum absolute atomic E-state index is 13.0. The molecule has 0 bridgehead atoms. The second-order valence-corrected chi connectivity index (χ2v) is 8.61. The van der Waals surface area contributed by atoms with Crippen LogP contribution >= 0.6 is 0 Å². The minimum Gasteiger partial charge on any atom is -0.350 e. The van der Waals surface area contributed by atoms with E-state index >= 15 is 0 Å². The first-order valence-corrected chi connectivity index (χ1v) is 11.1. The van der Waals surface area contributed by atoms with Crippen LogP contribution in [-0.2, 0) is 16.1 Å². The van der Waals surface area contributed by atoms with Crippen molar-refractivity contribution in [2.24, 2.45) is 5.92 Å². The van der Waals surface area contributed by atoms with Gasteiger partial charge in [0.1, 0.15) is 12.1 Å². The van der Waals surface area contributed by atoms with E-state index in [2.05, 4.69) is 20.9 Å². The van der Waals surface area contributed by atoms with Gasteiger partial charge in [-0.25, -0.2) is 4.79 Å². The minimum atomic E-state index is -0.878. The lowest BCUT2D eigenvalue weighted by Gasteiger charge is -2.36. The van der Waals surface area contributed by atoms with Gasteiger partial charge in [-0.15, -0.1) is 0 Å². The quantitative estimate of drug-likeness (QED) is 0.585. The smallest absolute Gasteiger partial charge is 0.325 e. The molecule has 2 unspecified atom stereocenters. The maximum atomic E-state index is 13.0. The summed E-state index contributed by atoms with van der Waals surface area (Å²) in [5.41, 5.74) is 0.968. The van der Waals surface area contributed by atoms with Gasteiger partial charge in [-0.3, -0.25) is 24.3 Å². The first-order chi connectivity index (χ1) is 15.9. The number of imide groups is 1. The monoisotopic (exact) mass is 449 g/mol. The number of nitrogens with zero attached hydrogens (tertiary/aromatic N) is 2. The predicted octanol–water partition coefficient (Wildman–Crippen LogP) is 2.45. The summed E-state index contributed by atoms with van der Waals surface area (Å²) in [6.07, 6.45) is 6.49. The van der Waals surface area contributed by atoms with Crippen LogP contribution in [0, 0.1) is 5.92 Å². The minimum absolute atomic E-state index is 0.0425. The summed E-state index contributed by atoms with van der Waals surface area (Å²) in [7, 11) is 0. The van der Waals surface area contributed by atoms with Gasteiger partial charge in [-0.1, -0.05) is 31.9 Å². The van der Waals surface area contributed by atoms with Gasteiger partial charge in [0.25, 0.3) is 11.8 Å². The number of carbonyl (C=O) groups excluding carboxylic acids is 4. The second kappa shape index (κ2) is 9.40. The van der Waals surface area contributed by atoms with Crippen LogP contribution in [0.15, 0.2) is 48.8 Å². The van der Waals surface area contributed by atoms with Gasteiger partial charge < -0.3 is 16.0 Å². The number of aromatic nitrogens is 1. The fourth-order valence-corrected chi connectivity index (χ4v) is 4.50. The Balaban J connectivity index is 1.33. The van der Waals surface area contributed by atoms with E-state index in [4.69, 9.17) is 0 Å². The van der Waals surface area contributed by atoms with Gasteiger partial charge in [0.05, 0.1) is 0 Å².